The highest BCUT2D eigenvalue weighted by molar-refractivity contribution is 7.19. The Labute approximate surface area is 203 Å². The number of nitrogens with one attached hydrogen (secondary N) is 1. The number of carbonyl (C=O) groups excluding carboxylic acids is 1. The monoisotopic (exact) mass is 477 g/mol. The van der Waals surface area contributed by atoms with Gasteiger partial charge in [0.1, 0.15) is 17.0 Å². The molecule has 9 heteroatoms. The van der Waals surface area contributed by atoms with Gasteiger partial charge < -0.3 is 20.0 Å². The summed E-state index contributed by atoms with van der Waals surface area (Å²) >= 11 is 1.70. The Morgan fingerprint density at radius 3 is 2.68 bits per heavy atom. The molecular formula is C25H31N7OS. The molecule has 0 saturated heterocycles. The number of aryl methyl sites for hydroxylation is 1. The molecule has 34 heavy (non-hydrogen) atoms. The molecule has 1 aliphatic carbocycles. The van der Waals surface area contributed by atoms with E-state index >= 15 is 0 Å². The van der Waals surface area contributed by atoms with Crippen molar-refractivity contribution in [2.45, 2.75) is 19.3 Å². The summed E-state index contributed by atoms with van der Waals surface area (Å²) in [6.07, 6.45) is 6.04. The third-order valence-corrected chi connectivity index (χ3v) is 7.83. The normalized spacial score (nSPS) is 16.2. The Hall–Kier alpha value is -3.04. The maximum atomic E-state index is 12.6. The highest BCUT2D eigenvalue weighted by Gasteiger charge is 2.30. The SMILES string of the molecule is CN(C)CCN(C)c1cc2c(cc1Nc1ncnc3sc4c(c13)CCC(C(=O)N(C)C)C4)=CN=2. The van der Waals surface area contributed by atoms with E-state index in [4.69, 9.17) is 0 Å². The Bertz CT molecular complexity index is 1380. The van der Waals surface area contributed by atoms with Crippen molar-refractivity contribution < 1.29 is 4.79 Å². The van der Waals surface area contributed by atoms with Gasteiger partial charge in [0.25, 0.3) is 0 Å². The number of likely N-dealkylation sites (N-methyl/N-ethyl adjacent to an activating group) is 2. The first-order chi connectivity index (χ1) is 16.3. The maximum absolute atomic E-state index is 12.6. The second kappa shape index (κ2) is 8.96. The summed E-state index contributed by atoms with van der Waals surface area (Å²) in [5.74, 6) is 1.09. The number of hydrogen-bond acceptors (Lipinski definition) is 8. The fourth-order valence-electron chi connectivity index (χ4n) is 4.68. The molecule has 0 saturated carbocycles. The topological polar surface area (TPSA) is 77.0 Å². The number of benzene rings is 1. The van der Waals surface area contributed by atoms with E-state index in [-0.39, 0.29) is 11.8 Å². The minimum Gasteiger partial charge on any atom is -0.372 e. The number of hydrogen-bond donors (Lipinski definition) is 1. The summed E-state index contributed by atoms with van der Waals surface area (Å²) in [4.78, 5) is 34.6. The predicted octanol–water partition coefficient (Wildman–Crippen LogP) is 2.00. The minimum absolute atomic E-state index is 0.0455. The summed E-state index contributed by atoms with van der Waals surface area (Å²) < 4.78 is 0. The Kier molecular flexibility index (Phi) is 5.99. The van der Waals surface area contributed by atoms with Gasteiger partial charge in [-0.1, -0.05) is 0 Å². The first-order valence-electron chi connectivity index (χ1n) is 11.6. The zero-order valence-electron chi connectivity index (χ0n) is 20.4. The molecule has 8 nitrogen and oxygen atoms in total. The molecule has 178 valence electrons. The van der Waals surface area contributed by atoms with Crippen LogP contribution in [0.4, 0.5) is 17.2 Å². The van der Waals surface area contributed by atoms with E-state index < -0.39 is 0 Å². The van der Waals surface area contributed by atoms with Crippen LogP contribution in [0.5, 0.6) is 0 Å². The average molecular weight is 478 g/mol. The van der Waals surface area contributed by atoms with E-state index in [0.29, 0.717) is 0 Å². The van der Waals surface area contributed by atoms with E-state index in [1.807, 2.05) is 20.3 Å². The smallest absolute Gasteiger partial charge is 0.225 e. The van der Waals surface area contributed by atoms with E-state index in [0.717, 1.165) is 70.3 Å². The van der Waals surface area contributed by atoms with Crippen molar-refractivity contribution in [2.24, 2.45) is 10.9 Å². The standard InChI is InChI=1S/C25H31N7OS/c1-30(2)8-9-32(5)20-12-18-16(13-26-18)10-19(20)29-23-22-17-7-6-15(25(33)31(3)4)11-21(17)34-24(22)28-14-27-23/h10,12-15H,6-9,11H2,1-5H3,(H,27,28,29). The zero-order chi connectivity index (χ0) is 24.0. The fourth-order valence-corrected chi connectivity index (χ4v) is 5.94. The van der Waals surface area contributed by atoms with E-state index in [1.54, 1.807) is 22.6 Å². The molecule has 1 atom stereocenters. The van der Waals surface area contributed by atoms with E-state index in [2.05, 4.69) is 63.4 Å². The van der Waals surface area contributed by atoms with Crippen molar-refractivity contribution in [3.05, 3.63) is 39.5 Å². The summed E-state index contributed by atoms with van der Waals surface area (Å²) in [6, 6.07) is 4.30. The van der Waals surface area contributed by atoms with Gasteiger partial charge in [0.05, 0.1) is 22.1 Å². The van der Waals surface area contributed by atoms with Crippen LogP contribution < -0.4 is 20.8 Å². The van der Waals surface area contributed by atoms with Crippen molar-refractivity contribution in [3.8, 4) is 0 Å². The van der Waals surface area contributed by atoms with Crippen LogP contribution in [0, 0.1) is 5.92 Å². The van der Waals surface area contributed by atoms with Crippen molar-refractivity contribution in [3.63, 3.8) is 0 Å². The lowest BCUT2D eigenvalue weighted by Crippen LogP contribution is -2.35. The second-order valence-corrected chi connectivity index (χ2v) is 10.7. The Morgan fingerprint density at radius 1 is 1.15 bits per heavy atom. The van der Waals surface area contributed by atoms with Crippen LogP contribution >= 0.6 is 11.3 Å². The predicted molar refractivity (Wildman–Crippen MR) is 138 cm³/mol. The second-order valence-electron chi connectivity index (χ2n) is 9.61. The van der Waals surface area contributed by atoms with Crippen LogP contribution in [0.2, 0.25) is 0 Å². The molecule has 1 N–H and O–H groups in total. The lowest BCUT2D eigenvalue weighted by atomic mass is 9.87. The highest BCUT2D eigenvalue weighted by Crippen LogP contribution is 2.41. The fraction of sp³-hybridized carbons (Fsp3) is 0.440. The third kappa shape index (κ3) is 4.14. The molecule has 1 aromatic carbocycles. The molecule has 0 fully saturated rings. The quantitative estimate of drug-likeness (QED) is 0.561. The number of anilines is 3. The van der Waals surface area contributed by atoms with Gasteiger partial charge in [-0.25, -0.2) is 9.97 Å². The molecule has 5 rings (SSSR count). The molecule has 0 bridgehead atoms. The van der Waals surface area contributed by atoms with Gasteiger partial charge in [-0.3, -0.25) is 9.79 Å². The number of fused-ring (bicyclic) bond motifs is 4. The average Bonchev–Trinajstić information content (AvgIpc) is 3.17. The van der Waals surface area contributed by atoms with Gasteiger partial charge >= 0.3 is 0 Å². The Balaban J connectivity index is 1.50. The summed E-state index contributed by atoms with van der Waals surface area (Å²) in [6.45, 7) is 1.86. The number of aromatic nitrogens is 2. The molecule has 2 aliphatic rings. The van der Waals surface area contributed by atoms with Gasteiger partial charge in [-0.2, -0.15) is 0 Å². The zero-order valence-corrected chi connectivity index (χ0v) is 21.2. The van der Waals surface area contributed by atoms with Crippen LogP contribution in [0.15, 0.2) is 23.5 Å². The van der Waals surface area contributed by atoms with Crippen molar-refractivity contribution >= 4 is 50.9 Å². The van der Waals surface area contributed by atoms with E-state index in [9.17, 15) is 4.79 Å². The van der Waals surface area contributed by atoms with Crippen molar-refractivity contribution in [2.75, 3.05) is 58.5 Å². The van der Waals surface area contributed by atoms with Crippen molar-refractivity contribution in [1.29, 1.82) is 0 Å². The highest BCUT2D eigenvalue weighted by atomic mass is 32.1. The molecule has 1 aliphatic heterocycles. The molecule has 0 spiro atoms. The molecule has 3 heterocycles. The molecular weight excluding hydrogens is 446 g/mol. The van der Waals surface area contributed by atoms with Crippen LogP contribution in [0.1, 0.15) is 16.9 Å². The van der Waals surface area contributed by atoms with Gasteiger partial charge in [-0.15, -0.1) is 11.3 Å². The molecule has 2 aromatic heterocycles. The van der Waals surface area contributed by atoms with Gasteiger partial charge in [0, 0.05) is 56.4 Å². The largest absolute Gasteiger partial charge is 0.372 e. The molecule has 0 radical (unpaired) electrons. The molecule has 1 amide bonds. The number of nitrogens with zero attached hydrogens (tertiary/aromatic N) is 6. The van der Waals surface area contributed by atoms with Crippen LogP contribution in [0.3, 0.4) is 0 Å². The van der Waals surface area contributed by atoms with Gasteiger partial charge in [-0.05, 0) is 51.1 Å². The van der Waals surface area contributed by atoms with Gasteiger partial charge in [0.15, 0.2) is 0 Å². The molecule has 3 aromatic rings. The van der Waals surface area contributed by atoms with Crippen LogP contribution in [-0.2, 0) is 17.6 Å². The van der Waals surface area contributed by atoms with E-state index in [1.165, 1.54) is 10.4 Å². The van der Waals surface area contributed by atoms with Crippen LogP contribution in [-0.4, -0.2) is 74.0 Å². The van der Waals surface area contributed by atoms with Crippen molar-refractivity contribution in [1.82, 2.24) is 19.8 Å². The minimum atomic E-state index is 0.0455. The number of amides is 1. The first-order valence-corrected chi connectivity index (χ1v) is 12.4. The lowest BCUT2D eigenvalue weighted by Gasteiger charge is -2.25. The lowest BCUT2D eigenvalue weighted by molar-refractivity contribution is -0.133. The number of thiophene rings is 1. The summed E-state index contributed by atoms with van der Waals surface area (Å²) in [5.41, 5.74) is 3.41. The first kappa shape index (κ1) is 22.7. The maximum Gasteiger partial charge on any atom is 0.225 e. The summed E-state index contributed by atoms with van der Waals surface area (Å²) in [5, 5.41) is 6.89. The third-order valence-electron chi connectivity index (χ3n) is 6.67. The Morgan fingerprint density at radius 2 is 1.97 bits per heavy atom. The molecule has 1 unspecified atom stereocenters. The number of carbonyl (C=O) groups is 1. The van der Waals surface area contributed by atoms with Crippen LogP contribution in [0.25, 0.3) is 16.4 Å². The number of rotatable bonds is 7. The van der Waals surface area contributed by atoms with Gasteiger partial charge in [0.2, 0.25) is 5.91 Å². The summed E-state index contributed by atoms with van der Waals surface area (Å²) in [7, 11) is 9.96.